The number of benzene rings is 2. The van der Waals surface area contributed by atoms with Gasteiger partial charge in [-0.3, -0.25) is 15.1 Å². The first-order valence-corrected chi connectivity index (χ1v) is 14.7. The van der Waals surface area contributed by atoms with Crippen LogP contribution in [-0.2, 0) is 11.3 Å². The van der Waals surface area contributed by atoms with Crippen molar-refractivity contribution in [1.29, 1.82) is 0 Å². The van der Waals surface area contributed by atoms with Gasteiger partial charge >= 0.3 is 39.6 Å². The van der Waals surface area contributed by atoms with Gasteiger partial charge in [0.1, 0.15) is 0 Å². The SMILES string of the molecule is Cc1cc(C)c(N=Cc2n[nH]c(C=Nc3c(C)cc(C)cc3C)n2)c(C)c1.[Br][Fe][Br]. The van der Waals surface area contributed by atoms with Gasteiger partial charge < -0.3 is 0 Å². The molecule has 30 heavy (non-hydrogen) atoms. The fourth-order valence-corrected chi connectivity index (χ4v) is 3.40. The first-order valence-electron chi connectivity index (χ1n) is 9.26. The quantitative estimate of drug-likeness (QED) is 0.274. The number of rotatable bonds is 4. The molecule has 1 N–H and O–H groups in total. The van der Waals surface area contributed by atoms with Crippen LogP contribution in [0.1, 0.15) is 45.0 Å². The third kappa shape index (κ3) is 6.98. The number of aliphatic imine (C=N–C) groups is 2. The summed E-state index contributed by atoms with van der Waals surface area (Å²) in [6, 6.07) is 8.51. The molecule has 1 aromatic heterocycles. The number of H-pyrrole nitrogens is 1. The van der Waals surface area contributed by atoms with E-state index in [4.69, 9.17) is 0 Å². The van der Waals surface area contributed by atoms with Gasteiger partial charge in [-0.1, -0.05) is 35.4 Å². The molecule has 0 aliphatic rings. The maximum absolute atomic E-state index is 4.58. The van der Waals surface area contributed by atoms with Crippen LogP contribution in [0.3, 0.4) is 0 Å². The Hall–Kier alpha value is -1.60. The summed E-state index contributed by atoms with van der Waals surface area (Å²) in [5.74, 6) is 1.14. The Labute approximate surface area is 198 Å². The topological polar surface area (TPSA) is 66.3 Å². The summed E-state index contributed by atoms with van der Waals surface area (Å²) in [6.45, 7) is 12.4. The van der Waals surface area contributed by atoms with E-state index in [1.54, 1.807) is 12.4 Å². The molecule has 2 aromatic carbocycles. The molecule has 0 radical (unpaired) electrons. The number of nitrogens with one attached hydrogen (secondary N) is 1. The van der Waals surface area contributed by atoms with Crippen LogP contribution in [0.4, 0.5) is 11.4 Å². The summed E-state index contributed by atoms with van der Waals surface area (Å²) in [4.78, 5) is 13.6. The van der Waals surface area contributed by atoms with Gasteiger partial charge in [-0.15, -0.1) is 0 Å². The molecule has 0 bridgehead atoms. The van der Waals surface area contributed by atoms with Gasteiger partial charge in [-0.2, -0.15) is 5.10 Å². The van der Waals surface area contributed by atoms with Gasteiger partial charge in [0.2, 0.25) is 0 Å². The molecule has 160 valence electrons. The van der Waals surface area contributed by atoms with E-state index in [0.29, 0.717) is 11.6 Å². The first kappa shape index (κ1) is 24.7. The molecule has 0 fully saturated rings. The Bertz CT molecular complexity index is 945. The monoisotopic (exact) mass is 573 g/mol. The number of hydrogen-bond donors (Lipinski definition) is 1. The van der Waals surface area contributed by atoms with E-state index in [9.17, 15) is 0 Å². The Balaban J connectivity index is 0.00000101. The van der Waals surface area contributed by atoms with E-state index < -0.39 is 0 Å². The second kappa shape index (κ2) is 11.7. The molecule has 0 aliphatic heterocycles. The number of halogens is 2. The molecule has 0 atom stereocenters. The molecular weight excluding hydrogens is 550 g/mol. The van der Waals surface area contributed by atoms with Crippen LogP contribution in [0.2, 0.25) is 0 Å². The van der Waals surface area contributed by atoms with Crippen LogP contribution in [0, 0.1) is 41.5 Å². The summed E-state index contributed by atoms with van der Waals surface area (Å²) in [7, 11) is 0. The van der Waals surface area contributed by atoms with E-state index in [2.05, 4.69) is 119 Å². The predicted molar refractivity (Wildman–Crippen MR) is 130 cm³/mol. The zero-order chi connectivity index (χ0) is 22.3. The molecule has 0 saturated carbocycles. The summed E-state index contributed by atoms with van der Waals surface area (Å²) in [6.07, 6.45) is 3.39. The maximum atomic E-state index is 4.58. The minimum absolute atomic E-state index is 0.535. The Morgan fingerprint density at radius 1 is 0.767 bits per heavy atom. The molecule has 0 unspecified atom stereocenters. The Kier molecular flexibility index (Phi) is 9.62. The van der Waals surface area contributed by atoms with Gasteiger partial charge in [-0.25, -0.2) is 4.98 Å². The van der Waals surface area contributed by atoms with E-state index in [1.807, 2.05) is 0 Å². The molecule has 1 heterocycles. The van der Waals surface area contributed by atoms with Crippen molar-refractivity contribution in [3.63, 3.8) is 0 Å². The van der Waals surface area contributed by atoms with Crippen molar-refractivity contribution >= 4 is 52.0 Å². The van der Waals surface area contributed by atoms with Crippen molar-refractivity contribution < 1.29 is 11.3 Å². The summed E-state index contributed by atoms with van der Waals surface area (Å²) in [5.41, 5.74) is 9.00. The van der Waals surface area contributed by atoms with E-state index in [1.165, 1.54) is 11.1 Å². The average molecular weight is 575 g/mol. The molecule has 0 saturated heterocycles. The zero-order valence-corrected chi connectivity index (χ0v) is 22.1. The van der Waals surface area contributed by atoms with E-state index >= 15 is 0 Å². The Morgan fingerprint density at radius 3 is 1.60 bits per heavy atom. The predicted octanol–water partition coefficient (Wildman–Crippen LogP) is 6.85. The minimum atomic E-state index is 0.535. The van der Waals surface area contributed by atoms with Gasteiger partial charge in [0.15, 0.2) is 11.6 Å². The molecule has 0 aliphatic carbocycles. The van der Waals surface area contributed by atoms with Crippen LogP contribution in [0.5, 0.6) is 0 Å². The van der Waals surface area contributed by atoms with Gasteiger partial charge in [0.05, 0.1) is 23.8 Å². The normalized spacial score (nSPS) is 11.3. The zero-order valence-electron chi connectivity index (χ0n) is 17.9. The summed E-state index contributed by atoms with van der Waals surface area (Å²) in [5, 5.41) is 7.10. The van der Waals surface area contributed by atoms with Gasteiger partial charge in [0, 0.05) is 0 Å². The van der Waals surface area contributed by atoms with Crippen LogP contribution < -0.4 is 0 Å². The third-order valence-corrected chi connectivity index (χ3v) is 4.42. The summed E-state index contributed by atoms with van der Waals surface area (Å²) >= 11 is 7.00. The molecule has 0 spiro atoms. The standard InChI is InChI=1S/C22H25N5.2BrH.Fe/c1-13-7-15(3)21(16(4)8-13)23-11-19-25-20(27-26-19)12-24-22-17(5)9-14(2)10-18(22)6;;;/h7-12H,1-6H3,(H,25,26,27);2*1H;/q;;;+2/p-2. The molecule has 0 amide bonds. The van der Waals surface area contributed by atoms with Gasteiger partial charge in [0.25, 0.3) is 0 Å². The van der Waals surface area contributed by atoms with Crippen molar-refractivity contribution in [2.45, 2.75) is 41.5 Å². The number of nitrogens with zero attached hydrogens (tertiary/aromatic N) is 4. The molecular formula is C22H25Br2FeN5. The third-order valence-electron chi connectivity index (χ3n) is 4.42. The van der Waals surface area contributed by atoms with Crippen molar-refractivity contribution in [3.05, 3.63) is 69.3 Å². The molecule has 8 heteroatoms. The van der Waals surface area contributed by atoms with Crippen LogP contribution in [0.25, 0.3) is 0 Å². The molecule has 3 aromatic rings. The van der Waals surface area contributed by atoms with Crippen molar-refractivity contribution in [1.82, 2.24) is 15.2 Å². The fraction of sp³-hybridized carbons (Fsp3) is 0.273. The van der Waals surface area contributed by atoms with Crippen LogP contribution >= 0.6 is 28.2 Å². The van der Waals surface area contributed by atoms with Gasteiger partial charge in [-0.05, 0) is 63.8 Å². The second-order valence-corrected chi connectivity index (χ2v) is 12.7. The van der Waals surface area contributed by atoms with E-state index in [0.717, 1.165) is 45.0 Å². The molecule has 3 rings (SSSR count). The van der Waals surface area contributed by atoms with Crippen molar-refractivity contribution in [3.8, 4) is 0 Å². The van der Waals surface area contributed by atoms with E-state index in [-0.39, 0.29) is 0 Å². The fourth-order valence-electron chi connectivity index (χ4n) is 3.40. The molecule has 5 nitrogen and oxygen atoms in total. The first-order chi connectivity index (χ1) is 14.2. The number of aromatic amines is 1. The Morgan fingerprint density at radius 2 is 1.17 bits per heavy atom. The van der Waals surface area contributed by atoms with Crippen LogP contribution in [-0.4, -0.2) is 27.6 Å². The number of aryl methyl sites for hydroxylation is 6. The number of aromatic nitrogens is 3. The number of hydrogen-bond acceptors (Lipinski definition) is 4. The second-order valence-electron chi connectivity index (χ2n) is 7.14. The van der Waals surface area contributed by atoms with Crippen molar-refractivity contribution in [2.24, 2.45) is 9.98 Å². The average Bonchev–Trinajstić information content (AvgIpc) is 3.08. The van der Waals surface area contributed by atoms with Crippen molar-refractivity contribution in [2.75, 3.05) is 0 Å². The van der Waals surface area contributed by atoms with Crippen LogP contribution in [0.15, 0.2) is 34.3 Å². The summed E-state index contributed by atoms with van der Waals surface area (Å²) < 4.78 is 0.